The third-order valence-corrected chi connectivity index (χ3v) is 5.49. The van der Waals surface area contributed by atoms with E-state index in [0.29, 0.717) is 40.4 Å². The van der Waals surface area contributed by atoms with Crippen LogP contribution in [0, 0.1) is 0 Å². The number of hydrogen-bond donors (Lipinski definition) is 1. The van der Waals surface area contributed by atoms with Crippen molar-refractivity contribution in [1.29, 1.82) is 0 Å². The number of benzene rings is 3. The first kappa shape index (κ1) is 21.6. The van der Waals surface area contributed by atoms with Crippen LogP contribution < -0.4 is 19.9 Å². The lowest BCUT2D eigenvalue weighted by Crippen LogP contribution is -2.35. The molecule has 0 spiro atoms. The van der Waals surface area contributed by atoms with Gasteiger partial charge < -0.3 is 9.47 Å². The van der Waals surface area contributed by atoms with Crippen LogP contribution in [0.4, 0.5) is 5.69 Å². The second-order valence-corrected chi connectivity index (χ2v) is 7.86. The molecule has 1 aliphatic rings. The molecule has 1 aliphatic heterocycles. The second-order valence-electron chi connectivity index (χ2n) is 7.00. The first-order valence-corrected chi connectivity index (χ1v) is 10.9. The Morgan fingerprint density at radius 3 is 2.28 bits per heavy atom. The van der Waals surface area contributed by atoms with E-state index in [1.54, 1.807) is 42.5 Å². The van der Waals surface area contributed by atoms with Gasteiger partial charge in [0.25, 0.3) is 11.8 Å². The average molecular weight is 493 g/mol. The molecule has 1 heterocycles. The number of nitrogens with zero attached hydrogens (tertiary/aromatic N) is 1. The van der Waals surface area contributed by atoms with Gasteiger partial charge in [-0.3, -0.25) is 15.0 Å². The average Bonchev–Trinajstić information content (AvgIpc) is 3.09. The highest BCUT2D eigenvalue weighted by Crippen LogP contribution is 2.36. The van der Waals surface area contributed by atoms with Crippen LogP contribution in [0.1, 0.15) is 18.1 Å². The predicted octanol–water partition coefficient (Wildman–Crippen LogP) is 4.89. The fourth-order valence-electron chi connectivity index (χ4n) is 3.25. The minimum absolute atomic E-state index is 0.0370. The van der Waals surface area contributed by atoms with Gasteiger partial charge in [-0.15, -0.1) is 0 Å². The lowest BCUT2D eigenvalue weighted by atomic mass is 10.1. The largest absolute Gasteiger partial charge is 0.490 e. The zero-order valence-electron chi connectivity index (χ0n) is 17.4. The van der Waals surface area contributed by atoms with E-state index in [1.165, 1.54) is 5.01 Å². The molecule has 32 heavy (non-hydrogen) atoms. The summed E-state index contributed by atoms with van der Waals surface area (Å²) >= 11 is 3.53. The van der Waals surface area contributed by atoms with Crippen molar-refractivity contribution < 1.29 is 19.1 Å². The van der Waals surface area contributed by atoms with Crippen LogP contribution in [0.5, 0.6) is 11.5 Å². The molecule has 0 bridgehead atoms. The van der Waals surface area contributed by atoms with Crippen LogP contribution in [0.25, 0.3) is 6.08 Å². The molecule has 3 aromatic carbocycles. The highest BCUT2D eigenvalue weighted by molar-refractivity contribution is 9.10. The number of nitrogens with one attached hydrogen (secondary N) is 1. The summed E-state index contributed by atoms with van der Waals surface area (Å²) in [6.45, 7) is 2.72. The van der Waals surface area contributed by atoms with Crippen molar-refractivity contribution in [3.63, 3.8) is 0 Å². The van der Waals surface area contributed by atoms with Gasteiger partial charge >= 0.3 is 0 Å². The summed E-state index contributed by atoms with van der Waals surface area (Å²) in [6, 6.07) is 22.3. The number of amides is 2. The highest BCUT2D eigenvalue weighted by atomic mass is 79.9. The molecule has 0 aliphatic carbocycles. The molecule has 7 heteroatoms. The molecule has 0 unspecified atom stereocenters. The summed E-state index contributed by atoms with van der Waals surface area (Å²) in [5, 5.41) is 1.24. The van der Waals surface area contributed by atoms with Gasteiger partial charge in [0.1, 0.15) is 12.2 Å². The maximum Gasteiger partial charge on any atom is 0.282 e. The van der Waals surface area contributed by atoms with Crippen molar-refractivity contribution in [1.82, 2.24) is 5.43 Å². The zero-order chi connectivity index (χ0) is 22.5. The molecule has 3 aromatic rings. The van der Waals surface area contributed by atoms with Crippen molar-refractivity contribution in [3.05, 3.63) is 94.0 Å². The summed E-state index contributed by atoms with van der Waals surface area (Å²) in [7, 11) is 0. The molecule has 0 aromatic heterocycles. The number of carbonyl (C=O) groups excluding carboxylic acids is 2. The second kappa shape index (κ2) is 9.70. The molecular weight excluding hydrogens is 472 g/mol. The summed E-state index contributed by atoms with van der Waals surface area (Å²) in [6.07, 6.45) is 1.55. The third kappa shape index (κ3) is 4.68. The molecule has 162 valence electrons. The van der Waals surface area contributed by atoms with Gasteiger partial charge in [-0.2, -0.15) is 0 Å². The normalized spacial score (nSPS) is 14.6. The van der Waals surface area contributed by atoms with Crippen LogP contribution in [-0.2, 0) is 16.2 Å². The van der Waals surface area contributed by atoms with Crippen molar-refractivity contribution in [2.75, 3.05) is 11.6 Å². The molecule has 1 fully saturated rings. The molecule has 4 rings (SSSR count). The number of carbonyl (C=O) groups is 2. The van der Waals surface area contributed by atoms with E-state index in [2.05, 4.69) is 21.4 Å². The summed E-state index contributed by atoms with van der Waals surface area (Å²) in [5.41, 5.74) is 4.90. The molecule has 0 atom stereocenters. The van der Waals surface area contributed by atoms with Gasteiger partial charge in [-0.1, -0.05) is 64.5 Å². The summed E-state index contributed by atoms with van der Waals surface area (Å²) in [4.78, 5) is 25.4. The van der Waals surface area contributed by atoms with Crippen molar-refractivity contribution in [2.24, 2.45) is 0 Å². The topological polar surface area (TPSA) is 67.9 Å². The van der Waals surface area contributed by atoms with E-state index in [1.807, 2.05) is 43.3 Å². The first-order valence-electron chi connectivity index (χ1n) is 10.1. The Balaban J connectivity index is 1.62. The quantitative estimate of drug-likeness (QED) is 0.376. The minimum atomic E-state index is -0.465. The number of anilines is 1. The van der Waals surface area contributed by atoms with Crippen molar-refractivity contribution >= 4 is 39.5 Å². The summed E-state index contributed by atoms with van der Waals surface area (Å²) < 4.78 is 12.4. The number of ether oxygens (including phenoxy) is 2. The Morgan fingerprint density at radius 1 is 0.938 bits per heavy atom. The monoisotopic (exact) mass is 492 g/mol. The van der Waals surface area contributed by atoms with E-state index < -0.39 is 11.8 Å². The van der Waals surface area contributed by atoms with Crippen LogP contribution in [0.15, 0.2) is 82.8 Å². The van der Waals surface area contributed by atoms with E-state index in [9.17, 15) is 9.59 Å². The Kier molecular flexibility index (Phi) is 6.56. The van der Waals surface area contributed by atoms with Crippen LogP contribution in [0.2, 0.25) is 0 Å². The standard InChI is InChI=1S/C25H21BrN2O4/c1-2-31-22-14-18(21(26)15-23(22)32-16-17-9-5-3-6-10-17)13-20-24(29)27-28(25(20)30)19-11-7-4-8-12-19/h3-15H,2,16H2,1H3,(H,27,29). The van der Waals surface area contributed by atoms with E-state index in [4.69, 9.17) is 9.47 Å². The zero-order valence-corrected chi connectivity index (χ0v) is 19.0. The van der Waals surface area contributed by atoms with Gasteiger partial charge in [0, 0.05) is 4.47 Å². The predicted molar refractivity (Wildman–Crippen MR) is 126 cm³/mol. The maximum atomic E-state index is 12.9. The molecule has 1 N–H and O–H groups in total. The van der Waals surface area contributed by atoms with Gasteiger partial charge in [0.15, 0.2) is 11.5 Å². The van der Waals surface area contributed by atoms with Crippen LogP contribution >= 0.6 is 15.9 Å². The number of rotatable bonds is 7. The molecule has 1 saturated heterocycles. The molecule has 6 nitrogen and oxygen atoms in total. The number of para-hydroxylation sites is 1. The maximum absolute atomic E-state index is 12.9. The summed E-state index contributed by atoms with van der Waals surface area (Å²) in [5.74, 6) is 0.214. The number of halogens is 1. The molecule has 0 saturated carbocycles. The number of hydrazine groups is 1. The molecular formula is C25H21BrN2O4. The Hall–Kier alpha value is -3.58. The molecule has 0 radical (unpaired) electrons. The highest BCUT2D eigenvalue weighted by Gasteiger charge is 2.34. The SMILES string of the molecule is CCOc1cc(C=C2C(=O)NN(c3ccccc3)C2=O)c(Br)cc1OCc1ccccc1. The van der Waals surface area contributed by atoms with Gasteiger partial charge in [-0.05, 0) is 48.4 Å². The van der Waals surface area contributed by atoms with Crippen molar-refractivity contribution in [2.45, 2.75) is 13.5 Å². The van der Waals surface area contributed by atoms with Gasteiger partial charge in [0.2, 0.25) is 0 Å². The first-order chi connectivity index (χ1) is 15.6. The van der Waals surface area contributed by atoms with Gasteiger partial charge in [0.05, 0.1) is 12.3 Å². The number of hydrogen-bond acceptors (Lipinski definition) is 4. The minimum Gasteiger partial charge on any atom is -0.490 e. The van der Waals surface area contributed by atoms with Crippen LogP contribution in [0.3, 0.4) is 0 Å². The van der Waals surface area contributed by atoms with Gasteiger partial charge in [-0.25, -0.2) is 5.01 Å². The van der Waals surface area contributed by atoms with E-state index in [0.717, 1.165) is 5.56 Å². The van der Waals surface area contributed by atoms with E-state index in [-0.39, 0.29) is 5.57 Å². The lowest BCUT2D eigenvalue weighted by molar-refractivity contribution is -0.117. The molecule has 2 amide bonds. The fourth-order valence-corrected chi connectivity index (χ4v) is 3.69. The Morgan fingerprint density at radius 2 is 1.59 bits per heavy atom. The smallest absolute Gasteiger partial charge is 0.282 e. The third-order valence-electron chi connectivity index (χ3n) is 4.81. The van der Waals surface area contributed by atoms with E-state index >= 15 is 0 Å². The fraction of sp³-hybridized carbons (Fsp3) is 0.120. The Labute approximate surface area is 194 Å². The Bertz CT molecular complexity index is 1160. The van der Waals surface area contributed by atoms with Crippen molar-refractivity contribution in [3.8, 4) is 11.5 Å². The lowest BCUT2D eigenvalue weighted by Gasteiger charge is -2.14. The van der Waals surface area contributed by atoms with Crippen LogP contribution in [-0.4, -0.2) is 18.4 Å².